The molecule has 1 N–H and O–H groups in total. The second-order valence-corrected chi connectivity index (χ2v) is 4.46. The second-order valence-electron chi connectivity index (χ2n) is 4.46. The predicted octanol–water partition coefficient (Wildman–Crippen LogP) is 2.47. The van der Waals surface area contributed by atoms with Crippen molar-refractivity contribution in [2.24, 2.45) is 0 Å². The Morgan fingerprint density at radius 3 is 2.75 bits per heavy atom. The average molecular weight is 227 g/mol. The van der Waals surface area contributed by atoms with Crippen LogP contribution in [0.15, 0.2) is 11.8 Å². The van der Waals surface area contributed by atoms with Crippen LogP contribution in [0.4, 0.5) is 0 Å². The molecule has 0 saturated carbocycles. The molecule has 0 aromatic carbocycles. The van der Waals surface area contributed by atoms with E-state index in [9.17, 15) is 0 Å². The fourth-order valence-electron chi connectivity index (χ4n) is 2.07. The Balaban J connectivity index is 2.83. The molecule has 0 amide bonds. The summed E-state index contributed by atoms with van der Waals surface area (Å²) in [6.07, 6.45) is 5.39. The summed E-state index contributed by atoms with van der Waals surface area (Å²) in [5, 5.41) is 3.48. The molecule has 0 fully saturated rings. The average Bonchev–Trinajstić information content (AvgIpc) is 2.36. The zero-order chi connectivity index (χ0) is 12.0. The maximum absolute atomic E-state index is 5.76. The van der Waals surface area contributed by atoms with E-state index in [2.05, 4.69) is 32.2 Å². The maximum Gasteiger partial charge on any atom is 0.112 e. The second kappa shape index (κ2) is 6.26. The Labute approximate surface area is 99.2 Å². The predicted molar refractivity (Wildman–Crippen MR) is 66.4 cm³/mol. The molecule has 0 spiro atoms. The molecule has 1 aliphatic heterocycles. The van der Waals surface area contributed by atoms with Crippen molar-refractivity contribution >= 4 is 0 Å². The van der Waals surface area contributed by atoms with Gasteiger partial charge in [0.25, 0.3) is 0 Å². The van der Waals surface area contributed by atoms with Gasteiger partial charge in [0, 0.05) is 7.11 Å². The zero-order valence-corrected chi connectivity index (χ0v) is 11.0. The molecule has 0 aliphatic carbocycles. The minimum atomic E-state index is -0.195. The molecular formula is C13H25NO2. The zero-order valence-electron chi connectivity index (χ0n) is 11.0. The highest BCUT2D eigenvalue weighted by Crippen LogP contribution is 2.27. The molecule has 0 aromatic heterocycles. The number of hydrogen-bond acceptors (Lipinski definition) is 3. The van der Waals surface area contributed by atoms with Crippen LogP contribution in [0.25, 0.3) is 0 Å². The number of likely N-dealkylation sites (N-methyl/N-ethyl adjacent to an activating group) is 1. The fraction of sp³-hybridized carbons (Fsp3) is 0.846. The largest absolute Gasteiger partial charge is 0.496 e. The monoisotopic (exact) mass is 227 g/mol. The van der Waals surface area contributed by atoms with Gasteiger partial charge in [-0.3, -0.25) is 0 Å². The molecule has 2 unspecified atom stereocenters. The Bertz CT molecular complexity index is 234. The first-order valence-corrected chi connectivity index (χ1v) is 6.29. The van der Waals surface area contributed by atoms with E-state index >= 15 is 0 Å². The summed E-state index contributed by atoms with van der Waals surface area (Å²) >= 11 is 0. The summed E-state index contributed by atoms with van der Waals surface area (Å²) in [4.78, 5) is 0. The van der Waals surface area contributed by atoms with Gasteiger partial charge in [-0.15, -0.1) is 0 Å². The van der Waals surface area contributed by atoms with Crippen molar-refractivity contribution in [2.75, 3.05) is 20.3 Å². The van der Waals surface area contributed by atoms with Crippen LogP contribution in [0.5, 0.6) is 0 Å². The van der Waals surface area contributed by atoms with Gasteiger partial charge in [0.1, 0.15) is 5.76 Å². The quantitative estimate of drug-likeness (QED) is 0.756. The third-order valence-corrected chi connectivity index (χ3v) is 3.43. The molecule has 94 valence electrons. The molecule has 2 atom stereocenters. The van der Waals surface area contributed by atoms with Crippen LogP contribution in [-0.2, 0) is 9.47 Å². The van der Waals surface area contributed by atoms with E-state index in [0.29, 0.717) is 0 Å². The van der Waals surface area contributed by atoms with Crippen molar-refractivity contribution in [1.82, 2.24) is 5.32 Å². The molecule has 0 saturated heterocycles. The SMILES string of the molecule is CCNC(C1=CCCCO1)C(C)(CC)OC. The molecule has 1 rings (SSSR count). The Hall–Kier alpha value is -0.540. The molecule has 16 heavy (non-hydrogen) atoms. The third-order valence-electron chi connectivity index (χ3n) is 3.43. The summed E-state index contributed by atoms with van der Waals surface area (Å²) in [5.41, 5.74) is -0.195. The number of nitrogens with one attached hydrogen (secondary N) is 1. The molecule has 3 heteroatoms. The molecule has 1 heterocycles. The number of ether oxygens (including phenoxy) is 2. The van der Waals surface area contributed by atoms with Gasteiger partial charge in [-0.25, -0.2) is 0 Å². The van der Waals surface area contributed by atoms with Gasteiger partial charge in [-0.2, -0.15) is 0 Å². The van der Waals surface area contributed by atoms with Crippen LogP contribution in [0, 0.1) is 0 Å². The Morgan fingerprint density at radius 2 is 2.31 bits per heavy atom. The van der Waals surface area contributed by atoms with Crippen LogP contribution in [-0.4, -0.2) is 31.9 Å². The van der Waals surface area contributed by atoms with Crippen molar-refractivity contribution in [3.8, 4) is 0 Å². The topological polar surface area (TPSA) is 30.5 Å². The van der Waals surface area contributed by atoms with Crippen LogP contribution in [0.2, 0.25) is 0 Å². The van der Waals surface area contributed by atoms with E-state index in [-0.39, 0.29) is 11.6 Å². The number of allylic oxidation sites excluding steroid dienone is 1. The molecular weight excluding hydrogens is 202 g/mol. The van der Waals surface area contributed by atoms with Gasteiger partial charge in [0.05, 0.1) is 18.2 Å². The standard InChI is InChI=1S/C13H25NO2/c1-5-13(3,15-4)12(14-6-2)11-9-7-8-10-16-11/h9,12,14H,5-8,10H2,1-4H3. The molecule has 3 nitrogen and oxygen atoms in total. The van der Waals surface area contributed by atoms with Gasteiger partial charge in [-0.1, -0.05) is 13.8 Å². The summed E-state index contributed by atoms with van der Waals surface area (Å²) in [5.74, 6) is 1.05. The molecule has 0 radical (unpaired) electrons. The lowest BCUT2D eigenvalue weighted by Gasteiger charge is -2.38. The number of hydrogen-bond donors (Lipinski definition) is 1. The minimum Gasteiger partial charge on any atom is -0.496 e. The Morgan fingerprint density at radius 1 is 1.56 bits per heavy atom. The first kappa shape index (κ1) is 13.5. The first-order chi connectivity index (χ1) is 7.68. The lowest BCUT2D eigenvalue weighted by Crippen LogP contribution is -2.51. The van der Waals surface area contributed by atoms with Gasteiger partial charge >= 0.3 is 0 Å². The summed E-state index contributed by atoms with van der Waals surface area (Å²) < 4.78 is 11.4. The van der Waals surface area contributed by atoms with Gasteiger partial charge in [-0.05, 0) is 38.8 Å². The van der Waals surface area contributed by atoms with E-state index in [1.165, 1.54) is 0 Å². The van der Waals surface area contributed by atoms with Crippen molar-refractivity contribution in [3.63, 3.8) is 0 Å². The fourth-order valence-corrected chi connectivity index (χ4v) is 2.07. The lowest BCUT2D eigenvalue weighted by molar-refractivity contribution is -0.0350. The molecule has 0 bridgehead atoms. The van der Waals surface area contributed by atoms with Crippen molar-refractivity contribution < 1.29 is 9.47 Å². The van der Waals surface area contributed by atoms with Crippen molar-refractivity contribution in [2.45, 2.75) is 51.7 Å². The van der Waals surface area contributed by atoms with E-state index < -0.39 is 0 Å². The molecule has 0 aromatic rings. The summed E-state index contributed by atoms with van der Waals surface area (Å²) in [6, 6.07) is 0.160. The highest BCUT2D eigenvalue weighted by Gasteiger charge is 2.36. The van der Waals surface area contributed by atoms with Crippen LogP contribution < -0.4 is 5.32 Å². The van der Waals surface area contributed by atoms with E-state index in [0.717, 1.165) is 38.2 Å². The van der Waals surface area contributed by atoms with Crippen molar-refractivity contribution in [1.29, 1.82) is 0 Å². The normalized spacial score (nSPS) is 21.9. The summed E-state index contributed by atoms with van der Waals surface area (Å²) in [7, 11) is 1.78. The Kier molecular flexibility index (Phi) is 5.29. The number of methoxy groups -OCH3 is 1. The first-order valence-electron chi connectivity index (χ1n) is 6.29. The van der Waals surface area contributed by atoms with Crippen LogP contribution >= 0.6 is 0 Å². The summed E-state index contributed by atoms with van der Waals surface area (Å²) in [6.45, 7) is 8.15. The smallest absolute Gasteiger partial charge is 0.112 e. The highest BCUT2D eigenvalue weighted by molar-refractivity contribution is 5.12. The van der Waals surface area contributed by atoms with Crippen LogP contribution in [0.1, 0.15) is 40.0 Å². The van der Waals surface area contributed by atoms with E-state index in [4.69, 9.17) is 9.47 Å². The van der Waals surface area contributed by atoms with E-state index in [1.807, 2.05) is 0 Å². The van der Waals surface area contributed by atoms with Crippen molar-refractivity contribution in [3.05, 3.63) is 11.8 Å². The van der Waals surface area contributed by atoms with Gasteiger partial charge < -0.3 is 14.8 Å². The maximum atomic E-state index is 5.76. The highest BCUT2D eigenvalue weighted by atomic mass is 16.5. The van der Waals surface area contributed by atoms with Crippen LogP contribution in [0.3, 0.4) is 0 Å². The lowest BCUT2D eigenvalue weighted by atomic mass is 9.90. The van der Waals surface area contributed by atoms with E-state index in [1.54, 1.807) is 7.11 Å². The minimum absolute atomic E-state index is 0.160. The van der Waals surface area contributed by atoms with Gasteiger partial charge in [0.15, 0.2) is 0 Å². The molecule has 1 aliphatic rings. The van der Waals surface area contributed by atoms with Gasteiger partial charge in [0.2, 0.25) is 0 Å². The third kappa shape index (κ3) is 2.98. The number of rotatable bonds is 6.